The lowest BCUT2D eigenvalue weighted by Gasteiger charge is -2.08. The lowest BCUT2D eigenvalue weighted by molar-refractivity contribution is -0.143. The molecule has 4 heteroatoms. The average molecular weight is 146 g/mol. The molecule has 1 rings (SSSR count). The van der Waals surface area contributed by atoms with E-state index in [1.165, 1.54) is 0 Å². The van der Waals surface area contributed by atoms with Crippen LogP contribution in [0.25, 0.3) is 0 Å². The van der Waals surface area contributed by atoms with Crippen LogP contribution in [0.3, 0.4) is 0 Å². The number of carboxylic acid groups (broad SMARTS) is 1. The summed E-state index contributed by atoms with van der Waals surface area (Å²) in [6.45, 7) is 0.505. The first-order valence-corrected chi connectivity index (χ1v) is 3.17. The highest BCUT2D eigenvalue weighted by Gasteiger charge is 2.33. The van der Waals surface area contributed by atoms with Crippen molar-refractivity contribution in [1.29, 1.82) is 0 Å². The van der Waals surface area contributed by atoms with Crippen LogP contribution in [0.2, 0.25) is 0 Å². The smallest absolute Gasteiger partial charge is 0.309 e. The average Bonchev–Trinajstić information content (AvgIpc) is 2.33. The molecule has 0 aliphatic carbocycles. The zero-order valence-corrected chi connectivity index (χ0v) is 5.49. The lowest BCUT2D eigenvalue weighted by Crippen LogP contribution is -2.24. The minimum Gasteiger partial charge on any atom is -0.481 e. The summed E-state index contributed by atoms with van der Waals surface area (Å²) in [7, 11) is 0. The predicted octanol–water partition coefficient (Wildman–Crippen LogP) is -0.674. The summed E-state index contributed by atoms with van der Waals surface area (Å²) in [4.78, 5) is 10.4. The zero-order valence-electron chi connectivity index (χ0n) is 5.49. The Hall–Kier alpha value is -0.610. The van der Waals surface area contributed by atoms with Crippen molar-refractivity contribution in [2.45, 2.75) is 0 Å². The summed E-state index contributed by atoms with van der Waals surface area (Å²) in [6, 6.07) is 0. The van der Waals surface area contributed by atoms with Gasteiger partial charge in [-0.3, -0.25) is 4.79 Å². The summed E-state index contributed by atoms with van der Waals surface area (Å²) < 4.78 is 4.88. The number of aliphatic hydroxyl groups excluding tert-OH is 1. The van der Waals surface area contributed by atoms with Crippen LogP contribution in [0.5, 0.6) is 0 Å². The van der Waals surface area contributed by atoms with E-state index in [2.05, 4.69) is 0 Å². The first-order valence-electron chi connectivity index (χ1n) is 3.17. The molecule has 1 saturated heterocycles. The van der Waals surface area contributed by atoms with Gasteiger partial charge in [-0.05, 0) is 0 Å². The Morgan fingerprint density at radius 1 is 1.60 bits per heavy atom. The van der Waals surface area contributed by atoms with E-state index in [0.29, 0.717) is 6.61 Å². The molecule has 2 atom stereocenters. The van der Waals surface area contributed by atoms with Gasteiger partial charge in [0.15, 0.2) is 0 Å². The van der Waals surface area contributed by atoms with Gasteiger partial charge in [0.25, 0.3) is 0 Å². The molecule has 0 spiro atoms. The summed E-state index contributed by atoms with van der Waals surface area (Å²) in [5, 5.41) is 17.2. The number of carbonyl (C=O) groups is 1. The van der Waals surface area contributed by atoms with Crippen molar-refractivity contribution in [3.05, 3.63) is 0 Å². The van der Waals surface area contributed by atoms with Crippen molar-refractivity contribution in [3.8, 4) is 0 Å². The highest BCUT2D eigenvalue weighted by atomic mass is 16.5. The van der Waals surface area contributed by atoms with Crippen molar-refractivity contribution in [2.24, 2.45) is 11.8 Å². The van der Waals surface area contributed by atoms with E-state index in [1.54, 1.807) is 0 Å². The number of rotatable bonds is 2. The molecule has 2 N–H and O–H groups in total. The van der Waals surface area contributed by atoms with E-state index in [-0.39, 0.29) is 19.1 Å². The van der Waals surface area contributed by atoms with E-state index >= 15 is 0 Å². The highest BCUT2D eigenvalue weighted by molar-refractivity contribution is 5.70. The van der Waals surface area contributed by atoms with Gasteiger partial charge in [-0.15, -0.1) is 0 Å². The third-order valence-electron chi connectivity index (χ3n) is 1.75. The molecule has 0 aromatic carbocycles. The molecule has 0 saturated carbocycles. The molecular weight excluding hydrogens is 136 g/mol. The van der Waals surface area contributed by atoms with Crippen molar-refractivity contribution in [2.75, 3.05) is 19.8 Å². The number of aliphatic hydroxyl groups is 1. The summed E-state index contributed by atoms with van der Waals surface area (Å²) in [6.07, 6.45) is 0. The van der Waals surface area contributed by atoms with Crippen LogP contribution in [0, 0.1) is 11.8 Å². The van der Waals surface area contributed by atoms with E-state index in [9.17, 15) is 4.79 Å². The minimum absolute atomic E-state index is 0.100. The summed E-state index contributed by atoms with van der Waals surface area (Å²) in [5.41, 5.74) is 0. The van der Waals surface area contributed by atoms with Gasteiger partial charge in [0.2, 0.25) is 0 Å². The molecule has 1 fully saturated rings. The predicted molar refractivity (Wildman–Crippen MR) is 32.5 cm³/mol. The largest absolute Gasteiger partial charge is 0.481 e. The molecule has 0 bridgehead atoms. The van der Waals surface area contributed by atoms with Gasteiger partial charge in [-0.25, -0.2) is 0 Å². The minimum atomic E-state index is -0.878. The van der Waals surface area contributed by atoms with Crippen LogP contribution in [0.1, 0.15) is 0 Å². The van der Waals surface area contributed by atoms with Crippen molar-refractivity contribution in [3.63, 3.8) is 0 Å². The van der Waals surface area contributed by atoms with Gasteiger partial charge < -0.3 is 14.9 Å². The molecule has 1 heterocycles. The Morgan fingerprint density at radius 2 is 2.30 bits per heavy atom. The molecule has 0 unspecified atom stereocenters. The van der Waals surface area contributed by atoms with Gasteiger partial charge >= 0.3 is 5.97 Å². The Kier molecular flexibility index (Phi) is 2.24. The number of hydrogen-bond acceptors (Lipinski definition) is 3. The van der Waals surface area contributed by atoms with E-state index in [4.69, 9.17) is 14.9 Å². The second-order valence-electron chi connectivity index (χ2n) is 2.42. The standard InChI is InChI=1S/C6H10O4/c7-1-4-2-10-3-5(4)6(8)9/h4-5,7H,1-3H2,(H,8,9)/t4-,5-/m0/s1. The van der Waals surface area contributed by atoms with Crippen LogP contribution in [0.4, 0.5) is 0 Å². The first-order chi connectivity index (χ1) is 4.75. The van der Waals surface area contributed by atoms with Gasteiger partial charge in [-0.1, -0.05) is 0 Å². The van der Waals surface area contributed by atoms with Gasteiger partial charge in [0.1, 0.15) is 0 Å². The van der Waals surface area contributed by atoms with Crippen molar-refractivity contribution >= 4 is 5.97 Å². The van der Waals surface area contributed by atoms with Gasteiger partial charge in [-0.2, -0.15) is 0 Å². The highest BCUT2D eigenvalue weighted by Crippen LogP contribution is 2.19. The number of aliphatic carboxylic acids is 1. The Bertz CT molecular complexity index is 134. The SMILES string of the molecule is O=C(O)[C@H]1COC[C@@H]1CO. The fraction of sp³-hybridized carbons (Fsp3) is 0.833. The van der Waals surface area contributed by atoms with E-state index in [0.717, 1.165) is 0 Å². The second kappa shape index (κ2) is 2.98. The van der Waals surface area contributed by atoms with Crippen LogP contribution in [-0.2, 0) is 9.53 Å². The topological polar surface area (TPSA) is 66.8 Å². The van der Waals surface area contributed by atoms with Gasteiger partial charge in [0, 0.05) is 12.5 Å². The zero-order chi connectivity index (χ0) is 7.56. The fourth-order valence-corrected chi connectivity index (χ4v) is 1.05. The number of hydrogen-bond donors (Lipinski definition) is 2. The van der Waals surface area contributed by atoms with Crippen LogP contribution >= 0.6 is 0 Å². The molecule has 0 amide bonds. The quantitative estimate of drug-likeness (QED) is 0.542. The monoisotopic (exact) mass is 146 g/mol. The van der Waals surface area contributed by atoms with Crippen molar-refractivity contribution in [1.82, 2.24) is 0 Å². The van der Waals surface area contributed by atoms with Gasteiger partial charge in [0.05, 0.1) is 19.1 Å². The summed E-state index contributed by atoms with van der Waals surface area (Å²) in [5.74, 6) is -1.60. The maximum absolute atomic E-state index is 10.4. The maximum Gasteiger partial charge on any atom is 0.309 e. The molecule has 10 heavy (non-hydrogen) atoms. The van der Waals surface area contributed by atoms with Crippen LogP contribution in [0.15, 0.2) is 0 Å². The molecule has 0 aromatic rings. The molecule has 58 valence electrons. The normalized spacial score (nSPS) is 32.5. The van der Waals surface area contributed by atoms with Crippen molar-refractivity contribution < 1.29 is 19.7 Å². The van der Waals surface area contributed by atoms with E-state index in [1.807, 2.05) is 0 Å². The Morgan fingerprint density at radius 3 is 2.70 bits per heavy atom. The third-order valence-corrected chi connectivity index (χ3v) is 1.75. The molecule has 1 aliphatic rings. The molecule has 0 aromatic heterocycles. The molecule has 1 aliphatic heterocycles. The number of ether oxygens (including phenoxy) is 1. The Labute approximate surface area is 58.4 Å². The fourth-order valence-electron chi connectivity index (χ4n) is 1.05. The molecule has 0 radical (unpaired) electrons. The maximum atomic E-state index is 10.4. The van der Waals surface area contributed by atoms with Crippen LogP contribution in [-0.4, -0.2) is 36.0 Å². The van der Waals surface area contributed by atoms with Crippen LogP contribution < -0.4 is 0 Å². The van der Waals surface area contributed by atoms with E-state index < -0.39 is 11.9 Å². The second-order valence-corrected chi connectivity index (χ2v) is 2.42. The third kappa shape index (κ3) is 1.27. The number of carboxylic acids is 1. The summed E-state index contributed by atoms with van der Waals surface area (Å²) >= 11 is 0. The first kappa shape index (κ1) is 7.50. The molecule has 4 nitrogen and oxygen atoms in total. The molecular formula is C6H10O4. The Balaban J connectivity index is 2.50. The lowest BCUT2D eigenvalue weighted by atomic mass is 9.97.